The summed E-state index contributed by atoms with van der Waals surface area (Å²) in [6.07, 6.45) is 2.15. The average Bonchev–Trinajstić information content (AvgIpc) is 1.37. The van der Waals surface area contributed by atoms with Crippen molar-refractivity contribution in [2.24, 2.45) is 0 Å². The number of hydrogen-bond donors (Lipinski definition) is 0. The van der Waals surface area contributed by atoms with Gasteiger partial charge in [0.2, 0.25) is 0 Å². The van der Waals surface area contributed by atoms with Gasteiger partial charge in [0.05, 0.1) is 0 Å². The van der Waals surface area contributed by atoms with E-state index in [0.29, 0.717) is 0 Å². The molecule has 0 N–H and O–H groups in total. The summed E-state index contributed by atoms with van der Waals surface area (Å²) < 4.78 is 0. The van der Waals surface area contributed by atoms with Crippen molar-refractivity contribution >= 4 is 6.29 Å². The molecule has 5 heavy (non-hydrogen) atoms. The van der Waals surface area contributed by atoms with Gasteiger partial charge in [0.1, 0.15) is 0 Å². The Bertz CT molecular complexity index is 27.9. The smallest absolute Gasteiger partial charge is 0 e. The first-order chi connectivity index (χ1) is 1.91. The Balaban J connectivity index is 0. The Morgan fingerprint density at radius 3 is 2.00 bits per heavy atom. The van der Waals surface area contributed by atoms with E-state index in [2.05, 4.69) is 6.58 Å². The Labute approximate surface area is 64.8 Å². The minimum absolute atomic E-state index is 0. The minimum atomic E-state index is 0. The van der Waals surface area contributed by atoms with Gasteiger partial charge in [-0.05, 0) is 0 Å². The van der Waals surface area contributed by atoms with Crippen molar-refractivity contribution < 1.29 is 46.5 Å². The van der Waals surface area contributed by atoms with Gasteiger partial charge in [-0.1, -0.05) is 0 Å². The molecule has 0 unspecified atom stereocenters. The molecule has 0 saturated heterocycles. The molecule has 0 rings (SSSR count). The third-order valence-corrected chi connectivity index (χ3v) is 0.0680. The molecule has 26 valence electrons. The van der Waals surface area contributed by atoms with Gasteiger partial charge in [-0.3, -0.25) is 6.29 Å². The van der Waals surface area contributed by atoms with Crippen LogP contribution in [0.3, 0.4) is 0 Å². The normalized spacial score (nSPS) is 4.00. The maximum absolute atomic E-state index is 8.87. The summed E-state index contributed by atoms with van der Waals surface area (Å²) >= 11 is 0. The molecule has 0 aromatic carbocycles. The van der Waals surface area contributed by atoms with Crippen LogP contribution in [0.4, 0.5) is 0 Å². The molecule has 0 heterocycles. The predicted molar refractivity (Wildman–Crippen MR) is 14.6 cm³/mol. The fourth-order valence-corrected chi connectivity index (χ4v) is 0. The molecule has 0 radical (unpaired) electrons. The molecule has 0 amide bonds. The van der Waals surface area contributed by atoms with Gasteiger partial charge in [0.25, 0.3) is 0 Å². The molecule has 0 bridgehead atoms. The van der Waals surface area contributed by atoms with Crippen LogP contribution in [0.25, 0.3) is 0 Å². The van der Waals surface area contributed by atoms with E-state index in [-0.39, 0.29) is 41.7 Å². The van der Waals surface area contributed by atoms with E-state index in [1.54, 1.807) is 0 Å². The first-order valence-corrected chi connectivity index (χ1v) is 0.826. The fraction of sp³-hybridized carbons (Fsp3) is 0. The molecule has 0 aromatic heterocycles. The first-order valence-electron chi connectivity index (χ1n) is 0.826. The van der Waals surface area contributed by atoms with Crippen molar-refractivity contribution in [2.45, 2.75) is 0 Å². The second-order valence-corrected chi connectivity index (χ2v) is 0.285. The van der Waals surface area contributed by atoms with Crippen LogP contribution in [0, 0.1) is 48.3 Å². The van der Waals surface area contributed by atoms with Crippen molar-refractivity contribution in [3.8, 4) is 0 Å². The second kappa shape index (κ2) is 8.84. The molecule has 2 heteroatoms. The zero-order valence-electron chi connectivity index (χ0n) is 2.56. The summed E-state index contributed by atoms with van der Waals surface area (Å²) in [6, 6.07) is 0. The number of hydrogen-bond acceptors (Lipinski definition) is 1. The summed E-state index contributed by atoms with van der Waals surface area (Å²) in [5.41, 5.74) is 0. The van der Waals surface area contributed by atoms with Gasteiger partial charge >= 0.3 is 0 Å². The van der Waals surface area contributed by atoms with Gasteiger partial charge in [0, 0.05) is 41.7 Å². The molecular formula is C3H2CeO-2. The van der Waals surface area contributed by atoms with Crippen LogP contribution >= 0.6 is 0 Å². The number of carbonyl (C=O) groups excluding carboxylic acids is 1. The van der Waals surface area contributed by atoms with Crippen molar-refractivity contribution in [1.82, 2.24) is 0 Å². The number of rotatable bonds is 1. The Hall–Kier alpha value is 0.787. The van der Waals surface area contributed by atoms with Gasteiger partial charge in [0.15, 0.2) is 0 Å². The van der Waals surface area contributed by atoms with Crippen LogP contribution < -0.4 is 0 Å². The van der Waals surface area contributed by atoms with E-state index < -0.39 is 0 Å². The quantitative estimate of drug-likeness (QED) is 0.427. The van der Waals surface area contributed by atoms with Gasteiger partial charge in [-0.2, -0.15) is 0 Å². The summed E-state index contributed by atoms with van der Waals surface area (Å²) in [6.45, 7) is 4.48. The van der Waals surface area contributed by atoms with E-state index in [9.17, 15) is 0 Å². The van der Waals surface area contributed by atoms with E-state index >= 15 is 0 Å². The molecule has 0 aliphatic rings. The summed E-state index contributed by atoms with van der Waals surface area (Å²) in [5, 5.41) is 0. The Morgan fingerprint density at radius 2 is 2.00 bits per heavy atom. The maximum atomic E-state index is 8.87. The molecule has 1 nitrogen and oxygen atoms in total. The first kappa shape index (κ1) is 9.25. The second-order valence-electron chi connectivity index (χ2n) is 0.285. The third-order valence-electron chi connectivity index (χ3n) is 0.0680. The van der Waals surface area contributed by atoms with Crippen molar-refractivity contribution in [1.29, 1.82) is 0 Å². The van der Waals surface area contributed by atoms with Crippen LogP contribution in [-0.4, -0.2) is 6.29 Å². The Kier molecular flexibility index (Phi) is 16.3. The van der Waals surface area contributed by atoms with Crippen LogP contribution in [0.15, 0.2) is 6.08 Å². The molecule has 0 aliphatic heterocycles. The fourth-order valence-electron chi connectivity index (χ4n) is 0. The molecular weight excluding hydrogens is 192 g/mol. The largest absolute Gasteiger partial charge is 0.547 e. The van der Waals surface area contributed by atoms with E-state index in [0.717, 1.165) is 6.08 Å². The van der Waals surface area contributed by atoms with Crippen LogP contribution in [0.2, 0.25) is 0 Å². The van der Waals surface area contributed by atoms with E-state index in [1.807, 2.05) is 0 Å². The van der Waals surface area contributed by atoms with Crippen LogP contribution in [0.1, 0.15) is 0 Å². The van der Waals surface area contributed by atoms with Crippen molar-refractivity contribution in [3.63, 3.8) is 0 Å². The third kappa shape index (κ3) is 11.6. The molecule has 0 aromatic rings. The molecule has 0 aliphatic carbocycles. The van der Waals surface area contributed by atoms with E-state index in [1.165, 1.54) is 6.29 Å². The molecule has 0 atom stereocenters. The maximum Gasteiger partial charge on any atom is 0 e. The minimum Gasteiger partial charge on any atom is -0.547 e. The van der Waals surface area contributed by atoms with Crippen molar-refractivity contribution in [2.75, 3.05) is 0 Å². The van der Waals surface area contributed by atoms with E-state index in [4.69, 9.17) is 4.79 Å². The standard InChI is InChI=1S/C3H2O.Ce/c1-2-3-4;/h1-2H;/q-2;. The van der Waals surface area contributed by atoms with Crippen LogP contribution in [-0.2, 0) is 4.79 Å². The number of allylic oxidation sites excluding steroid dienone is 1. The predicted octanol–water partition coefficient (Wildman–Crippen LogP) is 0.0853. The van der Waals surface area contributed by atoms with Crippen molar-refractivity contribution in [3.05, 3.63) is 12.7 Å². The average molecular weight is 194 g/mol. The zero-order chi connectivity index (χ0) is 3.41. The van der Waals surface area contributed by atoms with Gasteiger partial charge < -0.3 is 17.4 Å². The molecule has 0 spiro atoms. The molecule has 0 fully saturated rings. The van der Waals surface area contributed by atoms with Crippen LogP contribution in [0.5, 0.6) is 0 Å². The topological polar surface area (TPSA) is 17.1 Å². The summed E-state index contributed by atoms with van der Waals surface area (Å²) in [7, 11) is 0. The van der Waals surface area contributed by atoms with Gasteiger partial charge in [-0.25, -0.2) is 0 Å². The zero-order valence-corrected chi connectivity index (χ0v) is 5.70. The Morgan fingerprint density at radius 1 is 1.80 bits per heavy atom. The monoisotopic (exact) mass is 194 g/mol. The van der Waals surface area contributed by atoms with Gasteiger partial charge in [-0.15, -0.1) is 0 Å². The SMILES string of the molecule is [CH-]=C[C-]=O.[Ce]. The molecule has 0 saturated carbocycles. The summed E-state index contributed by atoms with van der Waals surface area (Å²) in [4.78, 5) is 8.87. The summed E-state index contributed by atoms with van der Waals surface area (Å²) in [5.74, 6) is 0.